The van der Waals surface area contributed by atoms with Crippen LogP contribution in [0.1, 0.15) is 42.0 Å². The number of halogens is 2. The van der Waals surface area contributed by atoms with Crippen LogP contribution >= 0.6 is 15.9 Å². The van der Waals surface area contributed by atoms with E-state index in [9.17, 15) is 9.18 Å². The Balaban J connectivity index is 1.58. The summed E-state index contributed by atoms with van der Waals surface area (Å²) in [6.07, 6.45) is 1.58. The lowest BCUT2D eigenvalue weighted by Crippen LogP contribution is -2.20. The molecular weight excluding hydrogens is 613 g/mol. The average molecular weight is 645 g/mol. The second-order valence-corrected chi connectivity index (χ2v) is 11.2. The minimum atomic E-state index is -0.308. The molecule has 220 valence electrons. The number of hydrogen-bond donors (Lipinski definition) is 0. The highest BCUT2D eigenvalue weighted by Crippen LogP contribution is 2.37. The predicted octanol–water partition coefficient (Wildman–Crippen LogP) is 7.88. The molecule has 0 aliphatic carbocycles. The van der Waals surface area contributed by atoms with Gasteiger partial charge in [0, 0.05) is 5.56 Å². The van der Waals surface area contributed by atoms with Crippen molar-refractivity contribution in [2.24, 2.45) is 5.10 Å². The van der Waals surface area contributed by atoms with Crippen LogP contribution in [0.3, 0.4) is 0 Å². The number of aryl methyl sites for hydroxylation is 1. The number of aromatic nitrogens is 2. The first-order valence-corrected chi connectivity index (χ1v) is 14.5. The highest BCUT2D eigenvalue weighted by Gasteiger charge is 2.19. The van der Waals surface area contributed by atoms with Crippen molar-refractivity contribution < 1.29 is 18.6 Å². The molecule has 1 aromatic heterocycles. The third-order valence-electron chi connectivity index (χ3n) is 7.06. The molecule has 43 heavy (non-hydrogen) atoms. The Morgan fingerprint density at radius 2 is 1.72 bits per heavy atom. The molecule has 4 aromatic carbocycles. The van der Waals surface area contributed by atoms with Gasteiger partial charge in [0.15, 0.2) is 17.3 Å². The number of ether oxygens (including phenoxy) is 3. The predicted molar refractivity (Wildman–Crippen MR) is 171 cm³/mol. The van der Waals surface area contributed by atoms with Crippen LogP contribution < -0.4 is 19.8 Å². The molecular formula is C34H31BrFN3O4. The lowest BCUT2D eigenvalue weighted by Gasteiger charge is -2.17. The fraction of sp³-hybridized carbons (Fsp3) is 0.206. The summed E-state index contributed by atoms with van der Waals surface area (Å²) in [7, 11) is 3.20. The van der Waals surface area contributed by atoms with E-state index < -0.39 is 0 Å². The summed E-state index contributed by atoms with van der Waals surface area (Å²) in [5.74, 6) is 2.05. The van der Waals surface area contributed by atoms with Crippen molar-refractivity contribution >= 4 is 33.0 Å². The lowest BCUT2D eigenvalue weighted by molar-refractivity contribution is 0.282. The molecule has 0 aliphatic heterocycles. The quantitative estimate of drug-likeness (QED) is 0.153. The summed E-state index contributed by atoms with van der Waals surface area (Å²) in [6.45, 7) is 6.37. The first-order valence-electron chi connectivity index (χ1n) is 13.7. The van der Waals surface area contributed by atoms with Gasteiger partial charge in [-0.1, -0.05) is 38.1 Å². The van der Waals surface area contributed by atoms with Crippen LogP contribution in [-0.2, 0) is 6.61 Å². The third-order valence-corrected chi connectivity index (χ3v) is 7.65. The molecule has 0 spiro atoms. The number of rotatable bonds is 9. The Morgan fingerprint density at radius 1 is 1.00 bits per heavy atom. The summed E-state index contributed by atoms with van der Waals surface area (Å²) in [4.78, 5) is 18.7. The fourth-order valence-electron chi connectivity index (χ4n) is 4.79. The van der Waals surface area contributed by atoms with Crippen molar-refractivity contribution in [3.8, 4) is 28.6 Å². The second-order valence-electron chi connectivity index (χ2n) is 10.3. The maximum Gasteiger partial charge on any atom is 0.282 e. The Bertz CT molecular complexity index is 1880. The Morgan fingerprint density at radius 3 is 2.42 bits per heavy atom. The molecule has 0 amide bonds. The minimum Gasteiger partial charge on any atom is -0.496 e. The molecule has 0 saturated heterocycles. The third kappa shape index (κ3) is 6.32. The highest BCUT2D eigenvalue weighted by molar-refractivity contribution is 9.10. The number of nitrogens with zero attached hydrogens (tertiary/aromatic N) is 3. The molecule has 0 atom stereocenters. The molecule has 0 aliphatic rings. The summed E-state index contributed by atoms with van der Waals surface area (Å²) < 4.78 is 32.5. The SMILES string of the molecule is COc1cc(C)c(-c2nc3ccccc3c(=O)n2N=Cc2cc(Br)c(OCc3ccc(F)cc3)c(OC)c2)cc1C(C)C. The molecule has 0 unspecified atom stereocenters. The van der Waals surface area contributed by atoms with E-state index in [1.54, 1.807) is 50.8 Å². The van der Waals surface area contributed by atoms with Gasteiger partial charge in [-0.3, -0.25) is 4.79 Å². The summed E-state index contributed by atoms with van der Waals surface area (Å²) in [6, 6.07) is 20.9. The number of hydrogen-bond acceptors (Lipinski definition) is 6. The van der Waals surface area contributed by atoms with Gasteiger partial charge in [-0.25, -0.2) is 9.37 Å². The molecule has 9 heteroatoms. The zero-order chi connectivity index (χ0) is 30.7. The lowest BCUT2D eigenvalue weighted by atomic mass is 9.96. The van der Waals surface area contributed by atoms with E-state index in [1.165, 1.54) is 16.8 Å². The van der Waals surface area contributed by atoms with E-state index in [0.717, 1.165) is 28.0 Å². The minimum absolute atomic E-state index is 0.187. The van der Waals surface area contributed by atoms with Gasteiger partial charge in [0.1, 0.15) is 18.2 Å². The van der Waals surface area contributed by atoms with Crippen LogP contribution in [0, 0.1) is 12.7 Å². The second kappa shape index (κ2) is 12.8. The normalized spacial score (nSPS) is 11.4. The van der Waals surface area contributed by atoms with Crippen LogP contribution in [0.5, 0.6) is 17.2 Å². The number of methoxy groups -OCH3 is 2. The van der Waals surface area contributed by atoms with E-state index in [1.807, 2.05) is 37.3 Å². The van der Waals surface area contributed by atoms with Crippen LogP contribution in [0.2, 0.25) is 0 Å². The van der Waals surface area contributed by atoms with Gasteiger partial charge < -0.3 is 14.2 Å². The topological polar surface area (TPSA) is 74.9 Å². The van der Waals surface area contributed by atoms with Gasteiger partial charge in [-0.05, 0) is 99.6 Å². The van der Waals surface area contributed by atoms with Gasteiger partial charge in [0.25, 0.3) is 5.56 Å². The van der Waals surface area contributed by atoms with Crippen LogP contribution in [-0.4, -0.2) is 30.1 Å². The van der Waals surface area contributed by atoms with Gasteiger partial charge in [-0.2, -0.15) is 9.78 Å². The first kappa shape index (κ1) is 30.0. The number of fused-ring (bicyclic) bond motifs is 1. The highest BCUT2D eigenvalue weighted by atomic mass is 79.9. The maximum absolute atomic E-state index is 13.8. The van der Waals surface area contributed by atoms with Crippen molar-refractivity contribution in [3.63, 3.8) is 0 Å². The van der Waals surface area contributed by atoms with Gasteiger partial charge in [-0.15, -0.1) is 0 Å². The first-order chi connectivity index (χ1) is 20.7. The van der Waals surface area contributed by atoms with Gasteiger partial charge in [0.2, 0.25) is 0 Å². The monoisotopic (exact) mass is 643 g/mol. The van der Waals surface area contributed by atoms with E-state index >= 15 is 0 Å². The van der Waals surface area contributed by atoms with Crippen molar-refractivity contribution in [2.45, 2.75) is 33.3 Å². The molecule has 5 aromatic rings. The van der Waals surface area contributed by atoms with E-state index in [4.69, 9.17) is 19.2 Å². The van der Waals surface area contributed by atoms with E-state index in [2.05, 4.69) is 34.9 Å². The zero-order valence-electron chi connectivity index (χ0n) is 24.5. The Kier molecular flexibility index (Phi) is 8.92. The number of para-hydroxylation sites is 1. The van der Waals surface area contributed by atoms with Gasteiger partial charge in [0.05, 0.1) is 35.8 Å². The molecule has 5 rings (SSSR count). The molecule has 0 saturated carbocycles. The van der Waals surface area contributed by atoms with E-state index in [-0.39, 0.29) is 23.9 Å². The molecule has 0 bridgehead atoms. The van der Waals surface area contributed by atoms with Crippen LogP contribution in [0.15, 0.2) is 87.2 Å². The summed E-state index contributed by atoms with van der Waals surface area (Å²) in [5, 5.41) is 5.10. The maximum atomic E-state index is 13.8. The number of benzene rings is 4. The summed E-state index contributed by atoms with van der Waals surface area (Å²) in [5.41, 5.74) is 4.47. The summed E-state index contributed by atoms with van der Waals surface area (Å²) >= 11 is 3.57. The average Bonchev–Trinajstić information content (AvgIpc) is 3.00. The van der Waals surface area contributed by atoms with Gasteiger partial charge >= 0.3 is 0 Å². The van der Waals surface area contributed by atoms with Crippen LogP contribution in [0.4, 0.5) is 4.39 Å². The molecule has 0 radical (unpaired) electrons. The molecule has 1 heterocycles. The molecule has 0 fully saturated rings. The van der Waals surface area contributed by atoms with Crippen molar-refractivity contribution in [3.05, 3.63) is 116 Å². The van der Waals surface area contributed by atoms with Crippen molar-refractivity contribution in [2.75, 3.05) is 14.2 Å². The standard InChI is InChI=1S/C34H31BrFN3O4/c1-20(2)26-17-27(21(3)14-30(26)41-4)33-38-29-9-7-6-8-25(29)34(40)39(33)37-18-23-15-28(35)32(31(16-23)42-5)43-19-22-10-12-24(36)13-11-22/h6-18,20H,19H2,1-5H3. The van der Waals surface area contributed by atoms with E-state index in [0.29, 0.717) is 38.3 Å². The molecule has 7 nitrogen and oxygen atoms in total. The molecule has 0 N–H and O–H groups in total. The van der Waals surface area contributed by atoms with Crippen molar-refractivity contribution in [1.82, 2.24) is 9.66 Å². The zero-order valence-corrected chi connectivity index (χ0v) is 26.1. The fourth-order valence-corrected chi connectivity index (χ4v) is 5.36. The Hall–Kier alpha value is -4.50. The smallest absolute Gasteiger partial charge is 0.282 e. The van der Waals surface area contributed by atoms with Crippen LogP contribution in [0.25, 0.3) is 22.3 Å². The Labute approximate surface area is 257 Å². The van der Waals surface area contributed by atoms with Crippen molar-refractivity contribution in [1.29, 1.82) is 0 Å². The largest absolute Gasteiger partial charge is 0.496 e.